The van der Waals surface area contributed by atoms with Gasteiger partial charge < -0.3 is 14.7 Å². The molecular formula is C22H13F3N2O4S. The molecule has 0 aliphatic carbocycles. The van der Waals surface area contributed by atoms with Crippen molar-refractivity contribution >= 4 is 10.1 Å². The van der Waals surface area contributed by atoms with Gasteiger partial charge in [-0.2, -0.15) is 13.7 Å². The van der Waals surface area contributed by atoms with E-state index in [0.29, 0.717) is 5.56 Å². The first-order valence-electron chi connectivity index (χ1n) is 9.06. The van der Waals surface area contributed by atoms with Gasteiger partial charge in [0.1, 0.15) is 33.9 Å². The number of allylic oxidation sites excluding steroid dienone is 1. The van der Waals surface area contributed by atoms with Gasteiger partial charge in [-0.15, -0.1) is 0 Å². The predicted octanol–water partition coefficient (Wildman–Crippen LogP) is 4.09. The van der Waals surface area contributed by atoms with Crippen LogP contribution >= 0.6 is 0 Å². The highest BCUT2D eigenvalue weighted by Crippen LogP contribution is 2.43. The van der Waals surface area contributed by atoms with Crippen LogP contribution in [0.3, 0.4) is 0 Å². The molecule has 162 valence electrons. The molecule has 1 aliphatic rings. The fourth-order valence-corrected chi connectivity index (χ4v) is 4.22. The van der Waals surface area contributed by atoms with Crippen LogP contribution in [-0.4, -0.2) is 8.42 Å². The zero-order chi connectivity index (χ0) is 23.0. The Bertz CT molecular complexity index is 1400. The monoisotopic (exact) mass is 458 g/mol. The Hall–Kier alpha value is -3.97. The number of fused-ring (bicyclic) bond motifs is 1. The van der Waals surface area contributed by atoms with Gasteiger partial charge in [-0.3, -0.25) is 0 Å². The Morgan fingerprint density at radius 2 is 1.69 bits per heavy atom. The average molecular weight is 458 g/mol. The lowest BCUT2D eigenvalue weighted by Crippen LogP contribution is -2.21. The SMILES string of the molecule is N#CC1=C(N)Oc2cc(OS(=O)(=O)c3ccc(F)cc3)ccc2C1c1ccc(F)c(F)c1. The first kappa shape index (κ1) is 21.3. The highest BCUT2D eigenvalue weighted by molar-refractivity contribution is 7.87. The Morgan fingerprint density at radius 1 is 0.969 bits per heavy atom. The summed E-state index contributed by atoms with van der Waals surface area (Å²) in [7, 11) is -4.27. The lowest BCUT2D eigenvalue weighted by molar-refractivity contribution is 0.391. The molecule has 6 nitrogen and oxygen atoms in total. The van der Waals surface area contributed by atoms with Gasteiger partial charge in [-0.1, -0.05) is 12.1 Å². The Balaban J connectivity index is 1.74. The molecule has 2 N–H and O–H groups in total. The minimum atomic E-state index is -4.27. The van der Waals surface area contributed by atoms with E-state index in [1.165, 1.54) is 24.3 Å². The topological polar surface area (TPSA) is 102 Å². The third-order valence-corrected chi connectivity index (χ3v) is 6.04. The number of ether oxygens (including phenoxy) is 1. The fourth-order valence-electron chi connectivity index (χ4n) is 3.30. The molecule has 0 aromatic heterocycles. The van der Waals surface area contributed by atoms with Gasteiger partial charge in [-0.25, -0.2) is 13.2 Å². The molecule has 3 aromatic carbocycles. The standard InChI is InChI=1S/C22H13F3N2O4S/c23-13-2-5-15(6-3-13)32(28,29)31-14-4-7-16-20(10-14)30-22(27)17(11-26)21(16)12-1-8-18(24)19(25)9-12/h1-10,21H,27H2. The van der Waals surface area contributed by atoms with Gasteiger partial charge in [0.25, 0.3) is 0 Å². The van der Waals surface area contributed by atoms with E-state index >= 15 is 0 Å². The molecule has 1 atom stereocenters. The number of hydrogen-bond donors (Lipinski definition) is 1. The molecule has 10 heteroatoms. The summed E-state index contributed by atoms with van der Waals surface area (Å²) in [5.74, 6) is -3.96. The molecule has 0 saturated carbocycles. The van der Waals surface area contributed by atoms with Crippen molar-refractivity contribution in [1.82, 2.24) is 0 Å². The molecule has 0 spiro atoms. The number of rotatable bonds is 4. The van der Waals surface area contributed by atoms with Crippen LogP contribution in [0.1, 0.15) is 17.0 Å². The maximum atomic E-state index is 13.8. The van der Waals surface area contributed by atoms with Crippen molar-refractivity contribution in [3.8, 4) is 17.6 Å². The summed E-state index contributed by atoms with van der Waals surface area (Å²) in [6.45, 7) is 0. The van der Waals surface area contributed by atoms with E-state index in [1.807, 2.05) is 6.07 Å². The van der Waals surface area contributed by atoms with Gasteiger partial charge >= 0.3 is 10.1 Å². The quantitative estimate of drug-likeness (QED) is 0.591. The maximum Gasteiger partial charge on any atom is 0.339 e. The number of nitrogens with zero attached hydrogens (tertiary/aromatic N) is 1. The van der Waals surface area contributed by atoms with E-state index in [4.69, 9.17) is 14.7 Å². The molecule has 1 unspecified atom stereocenters. The summed E-state index contributed by atoms with van der Waals surface area (Å²) >= 11 is 0. The summed E-state index contributed by atoms with van der Waals surface area (Å²) in [4.78, 5) is -0.261. The van der Waals surface area contributed by atoms with Gasteiger partial charge in [0.05, 0.1) is 5.92 Å². The summed E-state index contributed by atoms with van der Waals surface area (Å²) in [6, 6.07) is 13.2. The molecule has 32 heavy (non-hydrogen) atoms. The lowest BCUT2D eigenvalue weighted by Gasteiger charge is -2.26. The van der Waals surface area contributed by atoms with E-state index in [-0.39, 0.29) is 33.4 Å². The minimum absolute atomic E-state index is 0.0175. The highest BCUT2D eigenvalue weighted by atomic mass is 32.2. The minimum Gasteiger partial charge on any atom is -0.440 e. The molecule has 0 bridgehead atoms. The number of hydrogen-bond acceptors (Lipinski definition) is 6. The summed E-state index contributed by atoms with van der Waals surface area (Å²) in [5.41, 5.74) is 6.46. The second-order valence-electron chi connectivity index (χ2n) is 6.79. The predicted molar refractivity (Wildman–Crippen MR) is 106 cm³/mol. The van der Waals surface area contributed by atoms with Gasteiger partial charge in [0.2, 0.25) is 5.88 Å². The van der Waals surface area contributed by atoms with Gasteiger partial charge in [0, 0.05) is 11.6 Å². The van der Waals surface area contributed by atoms with Gasteiger partial charge in [-0.05, 0) is 48.0 Å². The van der Waals surface area contributed by atoms with Crippen LogP contribution in [-0.2, 0) is 10.1 Å². The molecule has 1 heterocycles. The van der Waals surface area contributed by atoms with E-state index in [1.54, 1.807) is 0 Å². The summed E-state index contributed by atoms with van der Waals surface area (Å²) < 4.78 is 75.8. The van der Waals surface area contributed by atoms with Crippen LogP contribution in [0.4, 0.5) is 13.2 Å². The van der Waals surface area contributed by atoms with Crippen molar-refractivity contribution in [2.45, 2.75) is 10.8 Å². The zero-order valence-electron chi connectivity index (χ0n) is 16.1. The van der Waals surface area contributed by atoms with Crippen LogP contribution in [0.5, 0.6) is 11.5 Å². The summed E-state index contributed by atoms with van der Waals surface area (Å²) in [6.07, 6.45) is 0. The second kappa shape index (κ2) is 7.94. The van der Waals surface area contributed by atoms with Crippen molar-refractivity contribution in [2.75, 3.05) is 0 Å². The van der Waals surface area contributed by atoms with Crippen LogP contribution in [0, 0.1) is 28.8 Å². The zero-order valence-corrected chi connectivity index (χ0v) is 16.9. The molecule has 4 rings (SSSR count). The number of nitriles is 1. The van der Waals surface area contributed by atoms with Crippen LogP contribution in [0.2, 0.25) is 0 Å². The van der Waals surface area contributed by atoms with E-state index in [2.05, 4.69) is 0 Å². The van der Waals surface area contributed by atoms with Crippen molar-refractivity contribution in [1.29, 1.82) is 5.26 Å². The average Bonchev–Trinajstić information content (AvgIpc) is 2.74. The third kappa shape index (κ3) is 3.86. The van der Waals surface area contributed by atoms with Crippen LogP contribution in [0.25, 0.3) is 0 Å². The Morgan fingerprint density at radius 3 is 2.34 bits per heavy atom. The number of halogens is 3. The first-order chi connectivity index (χ1) is 15.2. The van der Waals surface area contributed by atoms with Crippen molar-refractivity contribution in [3.63, 3.8) is 0 Å². The molecule has 1 aliphatic heterocycles. The first-order valence-corrected chi connectivity index (χ1v) is 10.5. The van der Waals surface area contributed by atoms with Crippen LogP contribution in [0.15, 0.2) is 77.0 Å². The van der Waals surface area contributed by atoms with E-state index in [9.17, 15) is 26.9 Å². The Labute approximate surface area is 181 Å². The molecule has 0 radical (unpaired) electrons. The van der Waals surface area contributed by atoms with Gasteiger partial charge in [0.15, 0.2) is 11.6 Å². The van der Waals surface area contributed by atoms with E-state index < -0.39 is 33.5 Å². The molecular weight excluding hydrogens is 445 g/mol. The molecule has 3 aromatic rings. The maximum absolute atomic E-state index is 13.8. The third-order valence-electron chi connectivity index (χ3n) is 4.78. The summed E-state index contributed by atoms with van der Waals surface area (Å²) in [5, 5.41) is 9.53. The molecule has 0 amide bonds. The van der Waals surface area contributed by atoms with Crippen LogP contribution < -0.4 is 14.7 Å². The highest BCUT2D eigenvalue weighted by Gasteiger charge is 2.32. The lowest BCUT2D eigenvalue weighted by atomic mass is 9.83. The second-order valence-corrected chi connectivity index (χ2v) is 8.34. The molecule has 0 saturated heterocycles. The van der Waals surface area contributed by atoms with Crippen molar-refractivity contribution in [2.24, 2.45) is 5.73 Å². The van der Waals surface area contributed by atoms with E-state index in [0.717, 1.165) is 36.4 Å². The number of nitrogens with two attached hydrogens (primary N) is 1. The Kier molecular flexibility index (Phi) is 5.28. The fraction of sp³-hybridized carbons (Fsp3) is 0.0455. The largest absolute Gasteiger partial charge is 0.440 e. The molecule has 0 fully saturated rings. The normalized spacial score (nSPS) is 15.5. The number of benzene rings is 3. The van der Waals surface area contributed by atoms with Crippen molar-refractivity contribution < 1.29 is 30.5 Å². The van der Waals surface area contributed by atoms with Crippen molar-refractivity contribution in [3.05, 3.63) is 101 Å². The smallest absolute Gasteiger partial charge is 0.339 e.